The number of fused-ring (bicyclic) bond motifs is 3. The number of nitrogens with one attached hydrogen (secondary N) is 1. The Kier molecular flexibility index (Phi) is 8.68. The number of hydrogen-bond acceptors (Lipinski definition) is 4. The van der Waals surface area contributed by atoms with Gasteiger partial charge in [-0.3, -0.25) is 9.59 Å². The summed E-state index contributed by atoms with van der Waals surface area (Å²) in [6.07, 6.45) is 1.05. The Morgan fingerprint density at radius 3 is 2.15 bits per heavy atom. The van der Waals surface area contributed by atoms with Crippen LogP contribution < -0.4 is 5.32 Å². The third kappa shape index (κ3) is 6.37. The van der Waals surface area contributed by atoms with E-state index in [0.717, 1.165) is 22.3 Å². The molecule has 2 aromatic rings. The third-order valence-electron chi connectivity index (χ3n) is 6.15. The van der Waals surface area contributed by atoms with Crippen LogP contribution in [0.15, 0.2) is 48.5 Å². The fourth-order valence-corrected chi connectivity index (χ4v) is 4.48. The number of carboxylic acids is 1. The van der Waals surface area contributed by atoms with Crippen LogP contribution in [0.4, 0.5) is 4.79 Å². The van der Waals surface area contributed by atoms with Crippen molar-refractivity contribution in [2.75, 3.05) is 20.2 Å². The molecule has 0 saturated carbocycles. The average Bonchev–Trinajstić information content (AvgIpc) is 3.13. The second kappa shape index (κ2) is 11.7. The lowest BCUT2D eigenvalue weighted by Crippen LogP contribution is -2.48. The van der Waals surface area contributed by atoms with E-state index in [1.807, 2.05) is 38.1 Å². The van der Waals surface area contributed by atoms with Crippen molar-refractivity contribution in [2.45, 2.75) is 51.5 Å². The summed E-state index contributed by atoms with van der Waals surface area (Å²) in [5, 5.41) is 11.5. The minimum absolute atomic E-state index is 0.0469. The van der Waals surface area contributed by atoms with Crippen LogP contribution >= 0.6 is 0 Å². The standard InChI is InChI=1S/C27H34N2O5/c1-18(2)16-24(26(32)29(3)15-9-8-14-25(30)31)28-27(33)34-17-23-21-12-6-4-10-19(21)20-11-5-7-13-22(20)23/h4-7,10-13,18,23-24H,8-9,14-17H2,1-3H3,(H,28,33)(H,30,31)/t24-/m1/s1. The second-order valence-electron chi connectivity index (χ2n) is 9.26. The van der Waals surface area contributed by atoms with Crippen molar-refractivity contribution in [2.24, 2.45) is 5.92 Å². The van der Waals surface area contributed by atoms with Gasteiger partial charge in [-0.05, 0) is 47.4 Å². The number of ether oxygens (including phenoxy) is 1. The minimum Gasteiger partial charge on any atom is -0.481 e. The molecular formula is C27H34N2O5. The molecule has 0 heterocycles. The monoisotopic (exact) mass is 466 g/mol. The topological polar surface area (TPSA) is 95.9 Å². The maximum Gasteiger partial charge on any atom is 0.407 e. The van der Waals surface area contributed by atoms with Gasteiger partial charge >= 0.3 is 12.1 Å². The van der Waals surface area contributed by atoms with Crippen molar-refractivity contribution in [3.8, 4) is 11.1 Å². The molecule has 0 saturated heterocycles. The maximum absolute atomic E-state index is 13.0. The Morgan fingerprint density at radius 1 is 1.00 bits per heavy atom. The Balaban J connectivity index is 1.60. The third-order valence-corrected chi connectivity index (χ3v) is 6.15. The molecule has 1 atom stereocenters. The van der Waals surface area contributed by atoms with Crippen molar-refractivity contribution < 1.29 is 24.2 Å². The minimum atomic E-state index is -0.844. The van der Waals surface area contributed by atoms with Gasteiger partial charge in [-0.1, -0.05) is 62.4 Å². The summed E-state index contributed by atoms with van der Waals surface area (Å²) in [7, 11) is 1.68. The molecule has 0 aliphatic heterocycles. The highest BCUT2D eigenvalue weighted by atomic mass is 16.5. The highest BCUT2D eigenvalue weighted by molar-refractivity contribution is 5.85. The van der Waals surface area contributed by atoms with Crippen LogP contribution in [0.5, 0.6) is 0 Å². The molecule has 3 rings (SSSR count). The van der Waals surface area contributed by atoms with Crippen LogP contribution in [0.3, 0.4) is 0 Å². The summed E-state index contributed by atoms with van der Waals surface area (Å²) in [4.78, 5) is 37.9. The summed E-state index contributed by atoms with van der Waals surface area (Å²) in [5.74, 6) is -0.890. The zero-order valence-electron chi connectivity index (χ0n) is 20.1. The van der Waals surface area contributed by atoms with Gasteiger partial charge in [-0.15, -0.1) is 0 Å². The van der Waals surface area contributed by atoms with E-state index in [-0.39, 0.29) is 30.8 Å². The highest BCUT2D eigenvalue weighted by Gasteiger charge is 2.30. The number of carbonyl (C=O) groups is 3. The van der Waals surface area contributed by atoms with Crippen molar-refractivity contribution >= 4 is 18.0 Å². The first-order valence-electron chi connectivity index (χ1n) is 11.9. The number of amides is 2. The molecule has 0 unspecified atom stereocenters. The Hall–Kier alpha value is -3.35. The number of aliphatic carboxylic acids is 1. The van der Waals surface area contributed by atoms with Crippen LogP contribution in [-0.4, -0.2) is 54.2 Å². The number of carbonyl (C=O) groups excluding carboxylic acids is 2. The molecule has 0 radical (unpaired) electrons. The van der Waals surface area contributed by atoms with E-state index >= 15 is 0 Å². The summed E-state index contributed by atoms with van der Waals surface area (Å²) in [6.45, 7) is 4.61. The molecule has 0 spiro atoms. The number of unbranched alkanes of at least 4 members (excludes halogenated alkanes) is 1. The molecular weight excluding hydrogens is 432 g/mol. The van der Waals surface area contributed by atoms with Crippen LogP contribution in [0.2, 0.25) is 0 Å². The number of carboxylic acid groups (broad SMARTS) is 1. The predicted octanol–water partition coefficient (Wildman–Crippen LogP) is 4.65. The second-order valence-corrected chi connectivity index (χ2v) is 9.26. The van der Waals surface area contributed by atoms with Crippen LogP contribution in [-0.2, 0) is 14.3 Å². The van der Waals surface area contributed by atoms with E-state index < -0.39 is 18.1 Å². The lowest BCUT2D eigenvalue weighted by Gasteiger charge is -2.26. The Morgan fingerprint density at radius 2 is 1.59 bits per heavy atom. The molecule has 2 amide bonds. The van der Waals surface area contributed by atoms with Gasteiger partial charge in [0.05, 0.1) is 0 Å². The molecule has 34 heavy (non-hydrogen) atoms. The van der Waals surface area contributed by atoms with Crippen molar-refractivity contribution in [1.82, 2.24) is 10.2 Å². The zero-order valence-corrected chi connectivity index (χ0v) is 20.1. The summed E-state index contributed by atoms with van der Waals surface area (Å²) in [6, 6.07) is 15.6. The van der Waals surface area contributed by atoms with Crippen LogP contribution in [0.1, 0.15) is 56.6 Å². The Bertz CT molecular complexity index is 974. The molecule has 182 valence electrons. The van der Waals surface area contributed by atoms with Gasteiger partial charge in [0, 0.05) is 25.9 Å². The van der Waals surface area contributed by atoms with E-state index in [1.165, 1.54) is 0 Å². The van der Waals surface area contributed by atoms with Crippen molar-refractivity contribution in [1.29, 1.82) is 0 Å². The lowest BCUT2D eigenvalue weighted by atomic mass is 9.98. The fourth-order valence-electron chi connectivity index (χ4n) is 4.48. The maximum atomic E-state index is 13.0. The van der Waals surface area contributed by atoms with Gasteiger partial charge in [0.15, 0.2) is 0 Å². The van der Waals surface area contributed by atoms with Gasteiger partial charge in [0.25, 0.3) is 0 Å². The summed E-state index contributed by atoms with van der Waals surface area (Å²) < 4.78 is 5.62. The van der Waals surface area contributed by atoms with Crippen LogP contribution in [0.25, 0.3) is 11.1 Å². The molecule has 0 fully saturated rings. The average molecular weight is 467 g/mol. The van der Waals surface area contributed by atoms with E-state index in [9.17, 15) is 14.4 Å². The van der Waals surface area contributed by atoms with Crippen molar-refractivity contribution in [3.63, 3.8) is 0 Å². The fraction of sp³-hybridized carbons (Fsp3) is 0.444. The van der Waals surface area contributed by atoms with Gasteiger partial charge < -0.3 is 20.1 Å². The molecule has 2 N–H and O–H groups in total. The first-order chi connectivity index (χ1) is 16.3. The molecule has 1 aliphatic rings. The molecule has 2 aromatic carbocycles. The lowest BCUT2D eigenvalue weighted by molar-refractivity contribution is -0.137. The Labute approximate surface area is 201 Å². The molecule has 0 aromatic heterocycles. The summed E-state index contributed by atoms with van der Waals surface area (Å²) in [5.41, 5.74) is 4.58. The largest absolute Gasteiger partial charge is 0.481 e. The van der Waals surface area contributed by atoms with Gasteiger partial charge in [-0.2, -0.15) is 0 Å². The number of benzene rings is 2. The zero-order chi connectivity index (χ0) is 24.7. The number of hydrogen-bond donors (Lipinski definition) is 2. The van der Waals surface area contributed by atoms with E-state index in [4.69, 9.17) is 9.84 Å². The SMILES string of the molecule is CC(C)C[C@@H](NC(=O)OCC1c2ccccc2-c2ccccc21)C(=O)N(C)CCCCC(=O)O. The van der Waals surface area contributed by atoms with Crippen molar-refractivity contribution in [3.05, 3.63) is 59.7 Å². The van der Waals surface area contributed by atoms with E-state index in [0.29, 0.717) is 25.8 Å². The number of nitrogens with zero attached hydrogens (tertiary/aromatic N) is 1. The number of rotatable bonds is 11. The van der Waals surface area contributed by atoms with Gasteiger partial charge in [-0.25, -0.2) is 4.79 Å². The number of likely N-dealkylation sites (N-methyl/N-ethyl adjacent to an activating group) is 1. The smallest absolute Gasteiger partial charge is 0.407 e. The molecule has 7 heteroatoms. The molecule has 1 aliphatic carbocycles. The number of alkyl carbamates (subject to hydrolysis) is 1. The van der Waals surface area contributed by atoms with Gasteiger partial charge in [0.2, 0.25) is 5.91 Å². The predicted molar refractivity (Wildman–Crippen MR) is 131 cm³/mol. The van der Waals surface area contributed by atoms with E-state index in [2.05, 4.69) is 29.6 Å². The quantitative estimate of drug-likeness (QED) is 0.470. The van der Waals surface area contributed by atoms with E-state index in [1.54, 1.807) is 11.9 Å². The first-order valence-corrected chi connectivity index (χ1v) is 11.9. The first kappa shape index (κ1) is 25.3. The molecule has 0 bridgehead atoms. The van der Waals surface area contributed by atoms with Crippen LogP contribution in [0, 0.1) is 5.92 Å². The molecule has 7 nitrogen and oxygen atoms in total. The van der Waals surface area contributed by atoms with Gasteiger partial charge in [0.1, 0.15) is 12.6 Å². The normalized spacial score (nSPS) is 13.2. The highest BCUT2D eigenvalue weighted by Crippen LogP contribution is 2.44. The summed E-state index contributed by atoms with van der Waals surface area (Å²) >= 11 is 0.